The second kappa shape index (κ2) is 8.06. The van der Waals surface area contributed by atoms with E-state index < -0.39 is 17.7 Å². The van der Waals surface area contributed by atoms with Gasteiger partial charge < -0.3 is 14.9 Å². The average Bonchev–Trinajstić information content (AvgIpc) is 3.02. The fourth-order valence-electron chi connectivity index (χ4n) is 3.78. The molecule has 2 heterocycles. The molecule has 7 nitrogen and oxygen atoms in total. The maximum Gasteiger partial charge on any atom is 0.408 e. The number of hydrogen-bond acceptors (Lipinski definition) is 3. The Kier molecular flexibility index (Phi) is 6.30. The van der Waals surface area contributed by atoms with Gasteiger partial charge in [0.05, 0.1) is 6.54 Å². The van der Waals surface area contributed by atoms with Crippen LogP contribution in [0.5, 0.6) is 0 Å². The molecule has 25 heavy (non-hydrogen) atoms. The Labute approximate surface area is 149 Å². The van der Waals surface area contributed by atoms with E-state index >= 15 is 0 Å². The van der Waals surface area contributed by atoms with Crippen molar-refractivity contribution < 1.29 is 19.5 Å². The summed E-state index contributed by atoms with van der Waals surface area (Å²) in [5.74, 6) is -0.257. The van der Waals surface area contributed by atoms with Gasteiger partial charge in [0, 0.05) is 25.2 Å². The normalized spacial score (nSPS) is 22.5. The molecule has 1 unspecified atom stereocenters. The highest BCUT2D eigenvalue weighted by atomic mass is 16.4. The van der Waals surface area contributed by atoms with Gasteiger partial charge >= 0.3 is 6.09 Å². The van der Waals surface area contributed by atoms with Crippen molar-refractivity contribution >= 4 is 17.9 Å². The van der Waals surface area contributed by atoms with Crippen molar-refractivity contribution in [3.05, 3.63) is 0 Å². The lowest BCUT2D eigenvalue weighted by Gasteiger charge is -2.41. The van der Waals surface area contributed by atoms with Crippen LogP contribution in [0.3, 0.4) is 0 Å². The minimum Gasteiger partial charge on any atom is -0.465 e. The summed E-state index contributed by atoms with van der Waals surface area (Å²) >= 11 is 0. The number of carbonyl (C=O) groups is 3. The summed E-state index contributed by atoms with van der Waals surface area (Å²) in [6, 6.07) is -0.718. The third-order valence-electron chi connectivity index (χ3n) is 5.03. The smallest absolute Gasteiger partial charge is 0.408 e. The first-order valence-electron chi connectivity index (χ1n) is 9.30. The number of likely N-dealkylation sites (tertiary alicyclic amines) is 2. The molecule has 1 N–H and O–H groups in total. The topological polar surface area (TPSA) is 81.2 Å². The van der Waals surface area contributed by atoms with Crippen LogP contribution in [0, 0.1) is 0 Å². The summed E-state index contributed by atoms with van der Waals surface area (Å²) in [6.45, 7) is 7.49. The summed E-state index contributed by atoms with van der Waals surface area (Å²) < 4.78 is 0. The van der Waals surface area contributed by atoms with Gasteiger partial charge in [0.15, 0.2) is 0 Å². The minimum absolute atomic E-state index is 0.0252. The molecule has 0 aromatic rings. The Hall–Kier alpha value is -1.79. The van der Waals surface area contributed by atoms with E-state index in [0.29, 0.717) is 13.0 Å². The summed E-state index contributed by atoms with van der Waals surface area (Å²) in [4.78, 5) is 42.0. The molecule has 2 aliphatic rings. The monoisotopic (exact) mass is 353 g/mol. The van der Waals surface area contributed by atoms with Crippen molar-refractivity contribution in [3.63, 3.8) is 0 Å². The Morgan fingerprint density at radius 1 is 1.08 bits per heavy atom. The Bertz CT molecular complexity index is 509. The van der Waals surface area contributed by atoms with Crippen LogP contribution in [-0.4, -0.2) is 75.5 Å². The van der Waals surface area contributed by atoms with Crippen LogP contribution in [0.15, 0.2) is 0 Å². The first kappa shape index (κ1) is 19.5. The molecular weight excluding hydrogens is 322 g/mol. The molecule has 0 bridgehead atoms. The molecule has 2 aliphatic heterocycles. The third-order valence-corrected chi connectivity index (χ3v) is 5.03. The molecule has 0 aliphatic carbocycles. The van der Waals surface area contributed by atoms with E-state index in [1.807, 2.05) is 0 Å². The Morgan fingerprint density at radius 2 is 1.68 bits per heavy atom. The molecule has 0 radical (unpaired) electrons. The lowest BCUT2D eigenvalue weighted by molar-refractivity contribution is -0.145. The predicted octanol–water partition coefficient (Wildman–Crippen LogP) is 2.16. The number of amides is 3. The van der Waals surface area contributed by atoms with E-state index in [9.17, 15) is 19.5 Å². The fourth-order valence-corrected chi connectivity index (χ4v) is 3.78. The largest absolute Gasteiger partial charge is 0.465 e. The van der Waals surface area contributed by atoms with E-state index in [4.69, 9.17) is 0 Å². The zero-order valence-corrected chi connectivity index (χ0v) is 15.7. The first-order valence-corrected chi connectivity index (χ1v) is 9.30. The average molecular weight is 353 g/mol. The van der Waals surface area contributed by atoms with E-state index in [0.717, 1.165) is 45.2 Å². The molecule has 1 atom stereocenters. The van der Waals surface area contributed by atoms with Crippen molar-refractivity contribution in [1.82, 2.24) is 14.7 Å². The molecule has 2 saturated heterocycles. The molecular formula is C18H31N3O4. The van der Waals surface area contributed by atoms with Gasteiger partial charge in [0.2, 0.25) is 11.8 Å². The van der Waals surface area contributed by atoms with Crippen molar-refractivity contribution in [2.75, 3.05) is 26.2 Å². The van der Waals surface area contributed by atoms with E-state index in [-0.39, 0.29) is 18.4 Å². The maximum atomic E-state index is 13.1. The summed E-state index contributed by atoms with van der Waals surface area (Å²) in [5.41, 5.74) is -0.671. The number of hydrogen-bond donors (Lipinski definition) is 1. The van der Waals surface area contributed by atoms with Gasteiger partial charge in [-0.15, -0.1) is 0 Å². The molecule has 0 aromatic carbocycles. The van der Waals surface area contributed by atoms with Crippen molar-refractivity contribution in [1.29, 1.82) is 0 Å². The lowest BCUT2D eigenvalue weighted by atomic mass is 9.97. The van der Waals surface area contributed by atoms with Gasteiger partial charge in [0.25, 0.3) is 0 Å². The van der Waals surface area contributed by atoms with E-state index in [1.165, 1.54) is 4.90 Å². The van der Waals surface area contributed by atoms with Gasteiger partial charge in [-0.05, 0) is 46.5 Å². The van der Waals surface area contributed by atoms with E-state index in [2.05, 4.69) is 0 Å². The second-order valence-corrected chi connectivity index (χ2v) is 8.04. The zero-order chi connectivity index (χ0) is 18.6. The van der Waals surface area contributed by atoms with Crippen LogP contribution in [0.1, 0.15) is 59.3 Å². The van der Waals surface area contributed by atoms with Gasteiger partial charge in [-0.3, -0.25) is 14.5 Å². The highest BCUT2D eigenvalue weighted by Gasteiger charge is 2.40. The van der Waals surface area contributed by atoms with Gasteiger partial charge in [-0.25, -0.2) is 4.79 Å². The summed E-state index contributed by atoms with van der Waals surface area (Å²) in [6.07, 6.45) is 4.07. The molecule has 0 saturated carbocycles. The quantitative estimate of drug-likeness (QED) is 0.843. The van der Waals surface area contributed by atoms with Crippen LogP contribution >= 0.6 is 0 Å². The Balaban J connectivity index is 2.17. The van der Waals surface area contributed by atoms with Crippen LogP contribution in [0.25, 0.3) is 0 Å². The lowest BCUT2D eigenvalue weighted by Crippen LogP contribution is -2.58. The molecule has 142 valence electrons. The van der Waals surface area contributed by atoms with Crippen molar-refractivity contribution in [3.8, 4) is 0 Å². The van der Waals surface area contributed by atoms with Crippen molar-refractivity contribution in [2.24, 2.45) is 0 Å². The number of nitrogens with zero attached hydrogens (tertiary/aromatic N) is 3. The zero-order valence-electron chi connectivity index (χ0n) is 15.7. The van der Waals surface area contributed by atoms with Crippen LogP contribution < -0.4 is 0 Å². The second-order valence-electron chi connectivity index (χ2n) is 8.04. The fraction of sp³-hybridized carbons (Fsp3) is 0.833. The van der Waals surface area contributed by atoms with Gasteiger partial charge in [-0.1, -0.05) is 12.8 Å². The number of rotatable bonds is 3. The van der Waals surface area contributed by atoms with Crippen molar-refractivity contribution in [2.45, 2.75) is 70.9 Å². The van der Waals surface area contributed by atoms with Gasteiger partial charge in [-0.2, -0.15) is 0 Å². The molecule has 7 heteroatoms. The van der Waals surface area contributed by atoms with Crippen LogP contribution in [-0.2, 0) is 9.59 Å². The minimum atomic E-state index is -1.09. The standard InChI is InChI=1S/C18H31N3O4/c1-18(2,3)21(17(24)25)14-9-5-4-6-12-20(16(14)23)13-15(22)19-10-7-8-11-19/h14H,4-13H2,1-3H3,(H,24,25). The Morgan fingerprint density at radius 3 is 2.24 bits per heavy atom. The highest BCUT2D eigenvalue weighted by molar-refractivity contribution is 5.89. The maximum absolute atomic E-state index is 13.1. The molecule has 0 spiro atoms. The highest BCUT2D eigenvalue weighted by Crippen LogP contribution is 2.25. The van der Waals surface area contributed by atoms with Crippen LogP contribution in [0.2, 0.25) is 0 Å². The third kappa shape index (κ3) is 4.86. The SMILES string of the molecule is CC(C)(C)N(C(=O)O)C1CCCCCN(CC(=O)N2CCCC2)C1=O. The first-order chi connectivity index (χ1) is 11.7. The molecule has 2 rings (SSSR count). The number of carbonyl (C=O) groups excluding carboxylic acids is 2. The summed E-state index contributed by atoms with van der Waals surface area (Å²) in [7, 11) is 0. The predicted molar refractivity (Wildman–Crippen MR) is 94.3 cm³/mol. The molecule has 0 aromatic heterocycles. The van der Waals surface area contributed by atoms with Gasteiger partial charge in [0.1, 0.15) is 6.04 Å². The van der Waals surface area contributed by atoms with Crippen LogP contribution in [0.4, 0.5) is 4.79 Å². The molecule has 3 amide bonds. The molecule has 2 fully saturated rings. The number of carboxylic acid groups (broad SMARTS) is 1. The summed E-state index contributed by atoms with van der Waals surface area (Å²) in [5, 5.41) is 9.66. The van der Waals surface area contributed by atoms with E-state index in [1.54, 1.807) is 30.6 Å².